The van der Waals surface area contributed by atoms with Gasteiger partial charge in [-0.3, -0.25) is 9.48 Å². The number of hydrogen-bond donors (Lipinski definition) is 1. The standard InChI is InChI=1S/C25H29FN4O2/c26-23-10-18(21-12-28-30(14-21)13-16-5-6-32-15-16)1-2-19(23)7-17(11-27)8-24(31)25-20-3-4-22(9-20)29-25/h1-2,10,12,14,16-17,20,22,25,29H,3-9,13,15H2/t16?,17-,20+,22-,25+/m1/s1. The molecule has 2 saturated heterocycles. The van der Waals surface area contributed by atoms with E-state index in [0.717, 1.165) is 56.6 Å². The molecular weight excluding hydrogens is 407 g/mol. The number of piperidine rings is 1. The van der Waals surface area contributed by atoms with E-state index < -0.39 is 5.92 Å². The maximum Gasteiger partial charge on any atom is 0.151 e. The summed E-state index contributed by atoms with van der Waals surface area (Å²) in [7, 11) is 0. The van der Waals surface area contributed by atoms with Crippen LogP contribution in [0.1, 0.15) is 37.7 Å². The zero-order valence-corrected chi connectivity index (χ0v) is 18.2. The zero-order chi connectivity index (χ0) is 22.1. The first-order valence-electron chi connectivity index (χ1n) is 11.7. The molecule has 1 aromatic carbocycles. The van der Waals surface area contributed by atoms with E-state index in [1.807, 2.05) is 16.9 Å². The number of carbonyl (C=O) groups is 1. The van der Waals surface area contributed by atoms with Gasteiger partial charge >= 0.3 is 0 Å². The number of halogens is 1. The lowest BCUT2D eigenvalue weighted by Crippen LogP contribution is -2.42. The van der Waals surface area contributed by atoms with Crippen LogP contribution in [0.2, 0.25) is 0 Å². The predicted molar refractivity (Wildman–Crippen MR) is 117 cm³/mol. The van der Waals surface area contributed by atoms with Gasteiger partial charge in [-0.15, -0.1) is 0 Å². The number of benzene rings is 1. The lowest BCUT2D eigenvalue weighted by atomic mass is 9.88. The maximum atomic E-state index is 14.9. The number of nitriles is 1. The minimum absolute atomic E-state index is 0.0980. The Labute approximate surface area is 187 Å². The van der Waals surface area contributed by atoms with Crippen LogP contribution in [0.5, 0.6) is 0 Å². The van der Waals surface area contributed by atoms with Gasteiger partial charge in [0.2, 0.25) is 0 Å². The van der Waals surface area contributed by atoms with Gasteiger partial charge in [-0.25, -0.2) is 4.39 Å². The Balaban J connectivity index is 1.21. The van der Waals surface area contributed by atoms with Crippen LogP contribution < -0.4 is 5.32 Å². The second-order valence-corrected chi connectivity index (χ2v) is 9.60. The minimum atomic E-state index is -0.514. The first-order valence-corrected chi connectivity index (χ1v) is 11.7. The summed E-state index contributed by atoms with van der Waals surface area (Å²) in [6.07, 6.45) is 8.45. The SMILES string of the molecule is N#C[C@@H](CC(=O)[C@H]1N[C@@H]2CC[C@H]1C2)Cc1ccc(-c2cnn(CC3CCOC3)c2)cc1F. The molecule has 2 aliphatic heterocycles. The molecule has 0 amide bonds. The van der Waals surface area contributed by atoms with E-state index in [4.69, 9.17) is 4.74 Å². The molecule has 6 nitrogen and oxygen atoms in total. The maximum absolute atomic E-state index is 14.9. The van der Waals surface area contributed by atoms with Crippen molar-refractivity contribution in [2.75, 3.05) is 13.2 Å². The van der Waals surface area contributed by atoms with Crippen LogP contribution in [0, 0.1) is 34.9 Å². The van der Waals surface area contributed by atoms with E-state index in [9.17, 15) is 14.4 Å². The number of rotatable bonds is 8. The van der Waals surface area contributed by atoms with E-state index in [-0.39, 0.29) is 30.5 Å². The van der Waals surface area contributed by atoms with Crippen LogP contribution >= 0.6 is 0 Å². The molecule has 1 aromatic heterocycles. The van der Waals surface area contributed by atoms with Crippen molar-refractivity contribution in [3.05, 3.63) is 42.0 Å². The molecule has 7 heteroatoms. The number of aromatic nitrogens is 2. The van der Waals surface area contributed by atoms with Crippen molar-refractivity contribution >= 4 is 5.78 Å². The van der Waals surface area contributed by atoms with Gasteiger partial charge in [0.1, 0.15) is 5.82 Å². The summed E-state index contributed by atoms with van der Waals surface area (Å²) in [5.74, 6) is 0.123. The fourth-order valence-electron chi connectivity index (χ4n) is 5.51. The highest BCUT2D eigenvalue weighted by molar-refractivity contribution is 5.85. The molecule has 1 N–H and O–H groups in total. The van der Waals surface area contributed by atoms with Gasteiger partial charge in [-0.1, -0.05) is 12.1 Å². The number of ether oxygens (including phenoxy) is 1. The Kier molecular flexibility index (Phi) is 6.07. The summed E-state index contributed by atoms with van der Waals surface area (Å²) in [5.41, 5.74) is 2.10. The molecule has 3 aliphatic rings. The molecule has 0 spiro atoms. The summed E-state index contributed by atoms with van der Waals surface area (Å²) in [6.45, 7) is 2.37. The Morgan fingerprint density at radius 2 is 2.25 bits per heavy atom. The largest absolute Gasteiger partial charge is 0.381 e. The summed E-state index contributed by atoms with van der Waals surface area (Å²) in [6, 6.07) is 7.66. The fourth-order valence-corrected chi connectivity index (χ4v) is 5.51. The first kappa shape index (κ1) is 21.3. The number of Topliss-reactive ketones (excluding diaryl/α,β-unsaturated/α-hetero) is 1. The molecule has 5 rings (SSSR count). The third kappa shape index (κ3) is 4.48. The molecule has 3 heterocycles. The molecule has 32 heavy (non-hydrogen) atoms. The number of carbonyl (C=O) groups excluding carboxylic acids is 1. The van der Waals surface area contributed by atoms with E-state index in [0.29, 0.717) is 23.4 Å². The molecule has 168 valence electrons. The first-order chi connectivity index (χ1) is 15.6. The van der Waals surface area contributed by atoms with Crippen molar-refractivity contribution in [3.8, 4) is 17.2 Å². The van der Waals surface area contributed by atoms with Gasteiger partial charge in [0.15, 0.2) is 5.78 Å². The van der Waals surface area contributed by atoms with Gasteiger partial charge in [0, 0.05) is 43.3 Å². The van der Waals surface area contributed by atoms with E-state index >= 15 is 0 Å². The third-order valence-corrected chi connectivity index (χ3v) is 7.29. The average Bonchev–Trinajstić information content (AvgIpc) is 3.60. The van der Waals surface area contributed by atoms with E-state index in [1.165, 1.54) is 6.07 Å². The molecule has 1 saturated carbocycles. The molecule has 3 fully saturated rings. The third-order valence-electron chi connectivity index (χ3n) is 7.29. The van der Waals surface area contributed by atoms with E-state index in [2.05, 4.69) is 16.5 Å². The summed E-state index contributed by atoms with van der Waals surface area (Å²) in [5, 5.41) is 17.4. The number of nitrogens with one attached hydrogen (secondary N) is 1. The number of nitrogens with zero attached hydrogens (tertiary/aromatic N) is 3. The summed E-state index contributed by atoms with van der Waals surface area (Å²) < 4.78 is 22.2. The van der Waals surface area contributed by atoms with Gasteiger partial charge < -0.3 is 10.1 Å². The highest BCUT2D eigenvalue weighted by Gasteiger charge is 2.42. The Hall–Kier alpha value is -2.56. The van der Waals surface area contributed by atoms with Gasteiger partial charge in [0.25, 0.3) is 0 Å². The quantitative estimate of drug-likeness (QED) is 0.685. The smallest absolute Gasteiger partial charge is 0.151 e. The monoisotopic (exact) mass is 436 g/mol. The van der Waals surface area contributed by atoms with Crippen molar-refractivity contribution in [3.63, 3.8) is 0 Å². The topological polar surface area (TPSA) is 79.9 Å². The Bertz CT molecular complexity index is 1020. The lowest BCUT2D eigenvalue weighted by Gasteiger charge is -2.22. The van der Waals surface area contributed by atoms with Crippen LogP contribution in [0.25, 0.3) is 11.1 Å². The Morgan fingerprint density at radius 3 is 2.94 bits per heavy atom. The molecule has 0 radical (unpaired) electrons. The van der Waals surface area contributed by atoms with E-state index in [1.54, 1.807) is 12.3 Å². The fraction of sp³-hybridized carbons (Fsp3) is 0.560. The number of hydrogen-bond acceptors (Lipinski definition) is 5. The highest BCUT2D eigenvalue weighted by atomic mass is 19.1. The van der Waals surface area contributed by atoms with Crippen molar-refractivity contribution in [2.24, 2.45) is 17.8 Å². The predicted octanol–water partition coefficient (Wildman–Crippen LogP) is 3.51. The van der Waals surface area contributed by atoms with Crippen LogP contribution in [0.3, 0.4) is 0 Å². The summed E-state index contributed by atoms with van der Waals surface area (Å²) >= 11 is 0. The molecule has 2 bridgehead atoms. The second kappa shape index (κ2) is 9.13. The van der Waals surface area contributed by atoms with Crippen molar-refractivity contribution < 1.29 is 13.9 Å². The molecule has 2 aromatic rings. The van der Waals surface area contributed by atoms with Crippen molar-refractivity contribution in [1.29, 1.82) is 5.26 Å². The number of fused-ring (bicyclic) bond motifs is 2. The van der Waals surface area contributed by atoms with Crippen molar-refractivity contribution in [1.82, 2.24) is 15.1 Å². The molecular formula is C25H29FN4O2. The van der Waals surface area contributed by atoms with Gasteiger partial charge in [-0.05, 0) is 55.2 Å². The molecule has 1 unspecified atom stereocenters. The summed E-state index contributed by atoms with van der Waals surface area (Å²) in [4.78, 5) is 12.7. The average molecular weight is 437 g/mol. The normalized spacial score (nSPS) is 27.5. The second-order valence-electron chi connectivity index (χ2n) is 9.60. The van der Waals surface area contributed by atoms with Gasteiger partial charge in [0.05, 0.1) is 30.8 Å². The van der Waals surface area contributed by atoms with Crippen LogP contribution in [-0.4, -0.2) is 40.9 Å². The van der Waals surface area contributed by atoms with Crippen LogP contribution in [0.4, 0.5) is 4.39 Å². The number of ketones is 1. The molecule has 1 aliphatic carbocycles. The van der Waals surface area contributed by atoms with Crippen LogP contribution in [0.15, 0.2) is 30.6 Å². The lowest BCUT2D eigenvalue weighted by molar-refractivity contribution is -0.122. The Morgan fingerprint density at radius 1 is 1.34 bits per heavy atom. The minimum Gasteiger partial charge on any atom is -0.381 e. The molecule has 5 atom stereocenters. The highest BCUT2D eigenvalue weighted by Crippen LogP contribution is 2.36. The van der Waals surface area contributed by atoms with Crippen molar-refractivity contribution in [2.45, 2.75) is 57.2 Å². The van der Waals surface area contributed by atoms with Gasteiger partial charge in [-0.2, -0.15) is 10.4 Å². The van der Waals surface area contributed by atoms with Crippen LogP contribution in [-0.2, 0) is 22.5 Å². The zero-order valence-electron chi connectivity index (χ0n) is 18.2.